The van der Waals surface area contributed by atoms with Crippen LogP contribution in [0.15, 0.2) is 0 Å². The molecule has 0 bridgehead atoms. The Balaban J connectivity index is 3.39. The molecule has 2 N–H and O–H groups in total. The number of alkyl halides is 1. The molecule has 1 unspecified atom stereocenters. The molecule has 0 spiro atoms. The average molecular weight is 136 g/mol. The van der Waals surface area contributed by atoms with Gasteiger partial charge in [0.15, 0.2) is 0 Å². The van der Waals surface area contributed by atoms with Crippen LogP contribution in [0, 0.1) is 5.92 Å². The highest BCUT2D eigenvalue weighted by Crippen LogP contribution is 2.16. The van der Waals surface area contributed by atoms with E-state index < -0.39 is 5.00 Å². The third-order valence-corrected chi connectivity index (χ3v) is 0.962. The van der Waals surface area contributed by atoms with Crippen LogP contribution in [0.4, 0.5) is 0 Å². The lowest BCUT2D eigenvalue weighted by molar-refractivity contribution is 0.480. The molecule has 2 heteroatoms. The van der Waals surface area contributed by atoms with Gasteiger partial charge in [0, 0.05) is 0 Å². The molecule has 1 atom stereocenters. The SMILES string of the molecule is CC(C)CC(C)(N)Cl. The molecule has 1 nitrogen and oxygen atoms in total. The summed E-state index contributed by atoms with van der Waals surface area (Å²) >= 11 is 5.71. The third kappa shape index (κ3) is 6.25. The van der Waals surface area contributed by atoms with Crippen LogP contribution in [0.1, 0.15) is 27.2 Å². The first-order valence-corrected chi connectivity index (χ1v) is 3.27. The number of rotatable bonds is 2. The van der Waals surface area contributed by atoms with Gasteiger partial charge in [-0.25, -0.2) is 0 Å². The Kier molecular flexibility index (Phi) is 2.78. The summed E-state index contributed by atoms with van der Waals surface area (Å²) in [4.78, 5) is -0.506. The van der Waals surface area contributed by atoms with Gasteiger partial charge in [0.05, 0.1) is 5.00 Å². The van der Waals surface area contributed by atoms with Crippen molar-refractivity contribution >= 4 is 11.6 Å². The number of halogens is 1. The Bertz CT molecular complexity index is 63.4. The lowest BCUT2D eigenvalue weighted by Gasteiger charge is -2.17. The van der Waals surface area contributed by atoms with E-state index in [0.717, 1.165) is 6.42 Å². The van der Waals surface area contributed by atoms with E-state index >= 15 is 0 Å². The lowest BCUT2D eigenvalue weighted by Crippen LogP contribution is -2.30. The maximum atomic E-state index is 5.71. The van der Waals surface area contributed by atoms with E-state index in [4.69, 9.17) is 17.3 Å². The molecule has 0 heterocycles. The minimum Gasteiger partial charge on any atom is -0.313 e. The van der Waals surface area contributed by atoms with Crippen LogP contribution < -0.4 is 5.73 Å². The molecule has 0 aliphatic heterocycles. The largest absolute Gasteiger partial charge is 0.313 e. The fraction of sp³-hybridized carbons (Fsp3) is 1.00. The van der Waals surface area contributed by atoms with E-state index in [1.165, 1.54) is 0 Å². The fourth-order valence-corrected chi connectivity index (χ4v) is 1.11. The van der Waals surface area contributed by atoms with Gasteiger partial charge in [-0.15, -0.1) is 11.6 Å². The Morgan fingerprint density at radius 3 is 2.00 bits per heavy atom. The summed E-state index contributed by atoms with van der Waals surface area (Å²) in [5.74, 6) is 0.586. The molecule has 0 aromatic heterocycles. The van der Waals surface area contributed by atoms with Gasteiger partial charge >= 0.3 is 0 Å². The molecule has 0 saturated carbocycles. The van der Waals surface area contributed by atoms with Gasteiger partial charge < -0.3 is 5.73 Å². The molecule has 0 aromatic rings. The zero-order valence-electron chi connectivity index (χ0n) is 5.74. The molecule has 0 aliphatic carbocycles. The maximum Gasteiger partial charge on any atom is 0.0884 e. The molecule has 0 aromatic carbocycles. The van der Waals surface area contributed by atoms with E-state index in [1.807, 2.05) is 6.92 Å². The van der Waals surface area contributed by atoms with Crippen molar-refractivity contribution in [3.8, 4) is 0 Å². The summed E-state index contributed by atoms with van der Waals surface area (Å²) in [5.41, 5.74) is 5.50. The number of nitrogens with two attached hydrogens (primary N) is 1. The highest BCUT2D eigenvalue weighted by Gasteiger charge is 2.14. The Hall–Kier alpha value is 0.250. The first-order valence-electron chi connectivity index (χ1n) is 2.89. The van der Waals surface area contributed by atoms with Crippen molar-refractivity contribution in [2.24, 2.45) is 11.7 Å². The van der Waals surface area contributed by atoms with Gasteiger partial charge in [-0.2, -0.15) is 0 Å². The summed E-state index contributed by atoms with van der Waals surface area (Å²) < 4.78 is 0. The summed E-state index contributed by atoms with van der Waals surface area (Å²) in [5, 5.41) is 0. The monoisotopic (exact) mass is 135 g/mol. The Morgan fingerprint density at radius 1 is 1.62 bits per heavy atom. The second-order valence-electron chi connectivity index (χ2n) is 2.88. The maximum absolute atomic E-state index is 5.71. The average Bonchev–Trinajstić information content (AvgIpc) is 1.21. The van der Waals surface area contributed by atoms with Crippen LogP contribution >= 0.6 is 11.6 Å². The second-order valence-corrected chi connectivity index (χ2v) is 3.74. The van der Waals surface area contributed by atoms with E-state index in [1.54, 1.807) is 0 Å². The molecule has 0 fully saturated rings. The van der Waals surface area contributed by atoms with Gasteiger partial charge in [0.25, 0.3) is 0 Å². The van der Waals surface area contributed by atoms with E-state index in [-0.39, 0.29) is 0 Å². The summed E-state index contributed by atoms with van der Waals surface area (Å²) in [6.07, 6.45) is 0.870. The highest BCUT2D eigenvalue weighted by atomic mass is 35.5. The molecule has 0 saturated heterocycles. The van der Waals surface area contributed by atoms with Crippen molar-refractivity contribution in [2.45, 2.75) is 32.2 Å². The normalized spacial score (nSPS) is 18.8. The molecular weight excluding hydrogens is 122 g/mol. The molecule has 50 valence electrons. The van der Waals surface area contributed by atoms with Crippen LogP contribution in [0.25, 0.3) is 0 Å². The first kappa shape index (κ1) is 8.25. The number of hydrogen-bond donors (Lipinski definition) is 1. The predicted molar refractivity (Wildman–Crippen MR) is 37.9 cm³/mol. The zero-order valence-corrected chi connectivity index (χ0v) is 6.50. The predicted octanol–water partition coefficient (Wildman–Crippen LogP) is 1.95. The topological polar surface area (TPSA) is 26.0 Å². The molecule has 0 radical (unpaired) electrons. The second kappa shape index (κ2) is 2.70. The van der Waals surface area contributed by atoms with Crippen LogP contribution in [-0.2, 0) is 0 Å². The Labute approximate surface area is 56.2 Å². The standard InChI is InChI=1S/C6H14ClN/c1-5(2)4-6(3,7)8/h5H,4,8H2,1-3H3. The van der Waals surface area contributed by atoms with Gasteiger partial charge in [-0.05, 0) is 19.3 Å². The zero-order chi connectivity index (χ0) is 6.78. The van der Waals surface area contributed by atoms with Crippen LogP contribution in [0.2, 0.25) is 0 Å². The van der Waals surface area contributed by atoms with E-state index in [2.05, 4.69) is 13.8 Å². The fourth-order valence-electron chi connectivity index (χ4n) is 0.798. The minimum absolute atomic E-state index is 0.506. The molecule has 0 aliphatic rings. The molecule has 0 amide bonds. The molecular formula is C6H14ClN. The van der Waals surface area contributed by atoms with Crippen molar-refractivity contribution in [2.75, 3.05) is 0 Å². The van der Waals surface area contributed by atoms with Gasteiger partial charge in [-0.1, -0.05) is 13.8 Å². The van der Waals surface area contributed by atoms with E-state index in [0.29, 0.717) is 5.92 Å². The molecule has 0 rings (SSSR count). The summed E-state index contributed by atoms with van der Waals surface area (Å²) in [6.45, 7) is 6.04. The summed E-state index contributed by atoms with van der Waals surface area (Å²) in [7, 11) is 0. The Morgan fingerprint density at radius 2 is 2.00 bits per heavy atom. The molecule has 8 heavy (non-hydrogen) atoms. The van der Waals surface area contributed by atoms with Gasteiger partial charge in [-0.3, -0.25) is 0 Å². The van der Waals surface area contributed by atoms with Gasteiger partial charge in [0.1, 0.15) is 0 Å². The van der Waals surface area contributed by atoms with Gasteiger partial charge in [0.2, 0.25) is 0 Å². The van der Waals surface area contributed by atoms with Crippen molar-refractivity contribution in [1.82, 2.24) is 0 Å². The van der Waals surface area contributed by atoms with Crippen LogP contribution in [-0.4, -0.2) is 5.00 Å². The van der Waals surface area contributed by atoms with Crippen molar-refractivity contribution in [3.05, 3.63) is 0 Å². The lowest BCUT2D eigenvalue weighted by atomic mass is 10.1. The number of hydrogen-bond acceptors (Lipinski definition) is 1. The third-order valence-electron chi connectivity index (χ3n) is 0.807. The smallest absolute Gasteiger partial charge is 0.0884 e. The van der Waals surface area contributed by atoms with Crippen molar-refractivity contribution < 1.29 is 0 Å². The van der Waals surface area contributed by atoms with Crippen LogP contribution in [0.5, 0.6) is 0 Å². The summed E-state index contributed by atoms with van der Waals surface area (Å²) in [6, 6.07) is 0. The quantitative estimate of drug-likeness (QED) is 0.455. The first-order chi connectivity index (χ1) is 3.42. The minimum atomic E-state index is -0.506. The van der Waals surface area contributed by atoms with E-state index in [9.17, 15) is 0 Å². The highest BCUT2D eigenvalue weighted by molar-refractivity contribution is 6.23. The van der Waals surface area contributed by atoms with Crippen molar-refractivity contribution in [3.63, 3.8) is 0 Å². The van der Waals surface area contributed by atoms with Crippen LogP contribution in [0.3, 0.4) is 0 Å². The van der Waals surface area contributed by atoms with Crippen molar-refractivity contribution in [1.29, 1.82) is 0 Å².